The summed E-state index contributed by atoms with van der Waals surface area (Å²) < 4.78 is 5.22. The summed E-state index contributed by atoms with van der Waals surface area (Å²) in [5.41, 5.74) is 0.972. The minimum atomic E-state index is -0.440. The van der Waals surface area contributed by atoms with Gasteiger partial charge in [0, 0.05) is 25.0 Å². The van der Waals surface area contributed by atoms with Crippen LogP contribution in [0.15, 0.2) is 30.3 Å². The van der Waals surface area contributed by atoms with Crippen LogP contribution in [0.1, 0.15) is 38.7 Å². The van der Waals surface area contributed by atoms with Crippen LogP contribution >= 0.6 is 0 Å². The summed E-state index contributed by atoms with van der Waals surface area (Å²) >= 11 is 0. The summed E-state index contributed by atoms with van der Waals surface area (Å²) in [5, 5.41) is 2.80. The summed E-state index contributed by atoms with van der Waals surface area (Å²) in [6.45, 7) is 7.06. The van der Waals surface area contributed by atoms with Crippen LogP contribution in [0.3, 0.4) is 0 Å². The Hall–Kier alpha value is -1.55. The predicted octanol–water partition coefficient (Wildman–Crippen LogP) is 3.00. The molecular weight excluding hydrogens is 264 g/mol. The molecule has 0 aliphatic heterocycles. The molecular formula is C17H26N2O2. The number of alkyl carbamates (subject to hydrolysis) is 1. The normalized spacial score (nSPS) is 21.2. The highest BCUT2D eigenvalue weighted by molar-refractivity contribution is 5.67. The van der Waals surface area contributed by atoms with Gasteiger partial charge >= 0.3 is 6.09 Å². The average Bonchev–Trinajstić information content (AvgIpc) is 3.17. The molecule has 1 aromatic rings. The van der Waals surface area contributed by atoms with E-state index in [4.69, 9.17) is 4.74 Å². The van der Waals surface area contributed by atoms with Crippen molar-refractivity contribution >= 4 is 6.09 Å². The third kappa shape index (κ3) is 5.05. The van der Waals surface area contributed by atoms with E-state index in [9.17, 15) is 4.79 Å². The van der Waals surface area contributed by atoms with Gasteiger partial charge in [-0.05, 0) is 39.8 Å². The van der Waals surface area contributed by atoms with Gasteiger partial charge in [-0.25, -0.2) is 4.79 Å². The van der Waals surface area contributed by atoms with E-state index in [0.29, 0.717) is 18.5 Å². The quantitative estimate of drug-likeness (QED) is 0.906. The monoisotopic (exact) mass is 290 g/mol. The molecule has 1 N–H and O–H groups in total. The molecule has 4 heteroatoms. The van der Waals surface area contributed by atoms with E-state index in [1.807, 2.05) is 20.8 Å². The molecule has 0 radical (unpaired) electrons. The molecule has 0 spiro atoms. The van der Waals surface area contributed by atoms with Crippen LogP contribution in [-0.4, -0.2) is 42.8 Å². The van der Waals surface area contributed by atoms with Gasteiger partial charge in [-0.2, -0.15) is 0 Å². The lowest BCUT2D eigenvalue weighted by Crippen LogP contribution is -2.37. The molecule has 0 saturated heterocycles. The molecule has 1 saturated carbocycles. The van der Waals surface area contributed by atoms with Crippen LogP contribution in [-0.2, 0) is 4.74 Å². The van der Waals surface area contributed by atoms with Gasteiger partial charge in [0.2, 0.25) is 0 Å². The predicted molar refractivity (Wildman–Crippen MR) is 84.5 cm³/mol. The average molecular weight is 290 g/mol. The highest BCUT2D eigenvalue weighted by Crippen LogP contribution is 2.43. The number of likely N-dealkylation sites (N-methyl/N-ethyl adjacent to an activating group) is 1. The Kier molecular flexibility index (Phi) is 4.88. The minimum Gasteiger partial charge on any atom is -0.444 e. The largest absolute Gasteiger partial charge is 0.444 e. The number of nitrogens with zero attached hydrogens (tertiary/aromatic N) is 1. The standard InChI is InChI=1S/C17H26N2O2/c1-17(2,3)21-16(20)18-10-11-19(4)15-12-14(15)13-8-6-5-7-9-13/h5-9,14-15H,10-12H2,1-4H3,(H,18,20). The number of carbonyl (C=O) groups excluding carboxylic acids is 1. The van der Waals surface area contributed by atoms with Gasteiger partial charge in [-0.3, -0.25) is 0 Å². The maximum absolute atomic E-state index is 11.6. The molecule has 1 amide bonds. The summed E-state index contributed by atoms with van der Waals surface area (Å²) in [6.07, 6.45) is 0.860. The second kappa shape index (κ2) is 6.48. The summed E-state index contributed by atoms with van der Waals surface area (Å²) in [7, 11) is 2.12. The molecule has 21 heavy (non-hydrogen) atoms. The Morgan fingerprint density at radius 1 is 1.33 bits per heavy atom. The number of hydrogen-bond acceptors (Lipinski definition) is 3. The first-order valence-corrected chi connectivity index (χ1v) is 7.59. The van der Waals surface area contributed by atoms with Crippen molar-refractivity contribution in [3.63, 3.8) is 0 Å². The van der Waals surface area contributed by atoms with Crippen molar-refractivity contribution in [1.82, 2.24) is 10.2 Å². The third-order valence-electron chi connectivity index (χ3n) is 3.68. The summed E-state index contributed by atoms with van der Waals surface area (Å²) in [5.74, 6) is 0.637. The first-order valence-electron chi connectivity index (χ1n) is 7.59. The molecule has 1 aromatic carbocycles. The zero-order valence-electron chi connectivity index (χ0n) is 13.4. The fourth-order valence-electron chi connectivity index (χ4n) is 2.54. The van der Waals surface area contributed by atoms with E-state index < -0.39 is 5.60 Å². The van der Waals surface area contributed by atoms with Crippen molar-refractivity contribution < 1.29 is 9.53 Å². The van der Waals surface area contributed by atoms with Crippen LogP contribution < -0.4 is 5.32 Å². The van der Waals surface area contributed by atoms with Crippen molar-refractivity contribution in [3.8, 4) is 0 Å². The maximum atomic E-state index is 11.6. The summed E-state index contributed by atoms with van der Waals surface area (Å²) in [6, 6.07) is 11.2. The Morgan fingerprint density at radius 2 is 2.00 bits per heavy atom. The number of carbonyl (C=O) groups is 1. The number of amides is 1. The van der Waals surface area contributed by atoms with E-state index in [1.165, 1.54) is 12.0 Å². The van der Waals surface area contributed by atoms with E-state index in [0.717, 1.165) is 6.54 Å². The van der Waals surface area contributed by atoms with Crippen molar-refractivity contribution in [1.29, 1.82) is 0 Å². The molecule has 1 aliphatic carbocycles. The molecule has 2 atom stereocenters. The Balaban J connectivity index is 1.68. The van der Waals surface area contributed by atoms with Crippen LogP contribution in [0.25, 0.3) is 0 Å². The van der Waals surface area contributed by atoms with Gasteiger partial charge in [0.25, 0.3) is 0 Å². The molecule has 0 bridgehead atoms. The topological polar surface area (TPSA) is 41.6 Å². The molecule has 1 aliphatic rings. The van der Waals surface area contributed by atoms with E-state index in [-0.39, 0.29) is 6.09 Å². The van der Waals surface area contributed by atoms with Crippen LogP contribution in [0.2, 0.25) is 0 Å². The fraction of sp³-hybridized carbons (Fsp3) is 0.588. The second-order valence-corrected chi connectivity index (χ2v) is 6.73. The van der Waals surface area contributed by atoms with Gasteiger partial charge in [0.1, 0.15) is 5.60 Å². The van der Waals surface area contributed by atoms with E-state index in [2.05, 4.69) is 47.6 Å². The van der Waals surface area contributed by atoms with Crippen molar-refractivity contribution in [3.05, 3.63) is 35.9 Å². The zero-order valence-corrected chi connectivity index (χ0v) is 13.4. The summed E-state index contributed by atoms with van der Waals surface area (Å²) in [4.78, 5) is 13.9. The lowest BCUT2D eigenvalue weighted by Gasteiger charge is -2.21. The van der Waals surface area contributed by atoms with Crippen molar-refractivity contribution in [2.24, 2.45) is 0 Å². The highest BCUT2D eigenvalue weighted by atomic mass is 16.6. The fourth-order valence-corrected chi connectivity index (χ4v) is 2.54. The van der Waals surface area contributed by atoms with E-state index >= 15 is 0 Å². The Labute approximate surface area is 127 Å². The number of ether oxygens (including phenoxy) is 1. The first kappa shape index (κ1) is 15.8. The van der Waals surface area contributed by atoms with Gasteiger partial charge in [0.15, 0.2) is 0 Å². The molecule has 2 unspecified atom stereocenters. The van der Waals surface area contributed by atoms with Crippen molar-refractivity contribution in [2.45, 2.75) is 44.8 Å². The number of benzene rings is 1. The molecule has 4 nitrogen and oxygen atoms in total. The number of hydrogen-bond donors (Lipinski definition) is 1. The van der Waals surface area contributed by atoms with Gasteiger partial charge in [0.05, 0.1) is 0 Å². The number of rotatable bonds is 5. The first-order chi connectivity index (χ1) is 9.87. The zero-order chi connectivity index (χ0) is 15.5. The molecule has 0 heterocycles. The third-order valence-corrected chi connectivity index (χ3v) is 3.68. The molecule has 0 aromatic heterocycles. The van der Waals surface area contributed by atoms with Crippen LogP contribution in [0.4, 0.5) is 4.79 Å². The Morgan fingerprint density at radius 3 is 2.62 bits per heavy atom. The lowest BCUT2D eigenvalue weighted by atomic mass is 10.1. The lowest BCUT2D eigenvalue weighted by molar-refractivity contribution is 0.0523. The van der Waals surface area contributed by atoms with Gasteiger partial charge < -0.3 is 15.0 Å². The maximum Gasteiger partial charge on any atom is 0.407 e. The Bertz CT molecular complexity index is 467. The van der Waals surface area contributed by atoms with Gasteiger partial charge in [-0.15, -0.1) is 0 Å². The highest BCUT2D eigenvalue weighted by Gasteiger charge is 2.40. The molecule has 2 rings (SSSR count). The molecule has 116 valence electrons. The second-order valence-electron chi connectivity index (χ2n) is 6.73. The SMILES string of the molecule is CN(CCNC(=O)OC(C)(C)C)C1CC1c1ccccc1. The van der Waals surface area contributed by atoms with Crippen molar-refractivity contribution in [2.75, 3.05) is 20.1 Å². The minimum absolute atomic E-state index is 0.341. The van der Waals surface area contributed by atoms with Gasteiger partial charge in [-0.1, -0.05) is 30.3 Å². The molecule has 1 fully saturated rings. The van der Waals surface area contributed by atoms with E-state index in [1.54, 1.807) is 0 Å². The van der Waals surface area contributed by atoms with Crippen LogP contribution in [0, 0.1) is 0 Å². The van der Waals surface area contributed by atoms with Crippen LogP contribution in [0.5, 0.6) is 0 Å². The smallest absolute Gasteiger partial charge is 0.407 e. The number of nitrogens with one attached hydrogen (secondary N) is 1.